The summed E-state index contributed by atoms with van der Waals surface area (Å²) in [7, 11) is 0. The molecular formula is C10H10F2N2O. The summed E-state index contributed by atoms with van der Waals surface area (Å²) in [5.41, 5.74) is 0.955. The van der Waals surface area contributed by atoms with E-state index in [0.717, 1.165) is 0 Å². The molecule has 0 heterocycles. The highest BCUT2D eigenvalue weighted by Crippen LogP contribution is 2.15. The van der Waals surface area contributed by atoms with Crippen molar-refractivity contribution in [1.29, 1.82) is 5.26 Å². The van der Waals surface area contributed by atoms with Gasteiger partial charge in [-0.15, -0.1) is 0 Å². The average molecular weight is 212 g/mol. The third-order valence-corrected chi connectivity index (χ3v) is 1.80. The average Bonchev–Trinajstić information content (AvgIpc) is 2.27. The lowest BCUT2D eigenvalue weighted by Crippen LogP contribution is -2.30. The second kappa shape index (κ2) is 4.71. The van der Waals surface area contributed by atoms with Gasteiger partial charge >= 0.3 is 0 Å². The number of aliphatic hydroxyl groups excluding tert-OH is 1. The van der Waals surface area contributed by atoms with Crippen LogP contribution in [-0.2, 0) is 0 Å². The van der Waals surface area contributed by atoms with Gasteiger partial charge in [0.1, 0.15) is 6.61 Å². The summed E-state index contributed by atoms with van der Waals surface area (Å²) in [4.78, 5) is 0. The third-order valence-electron chi connectivity index (χ3n) is 1.80. The highest BCUT2D eigenvalue weighted by atomic mass is 19.3. The Morgan fingerprint density at radius 2 is 1.93 bits per heavy atom. The SMILES string of the molecule is N#Cc1ccc(NCC(F)(F)CO)cc1. The summed E-state index contributed by atoms with van der Waals surface area (Å²) >= 11 is 0. The summed E-state index contributed by atoms with van der Waals surface area (Å²) in [5.74, 6) is -3.13. The number of rotatable bonds is 4. The van der Waals surface area contributed by atoms with Crippen molar-refractivity contribution in [2.45, 2.75) is 5.92 Å². The minimum absolute atomic E-state index is 0.467. The number of halogens is 2. The van der Waals surface area contributed by atoms with Crippen LogP contribution in [0.2, 0.25) is 0 Å². The molecule has 0 bridgehead atoms. The van der Waals surface area contributed by atoms with Gasteiger partial charge in [0.05, 0.1) is 18.2 Å². The largest absolute Gasteiger partial charge is 0.390 e. The van der Waals surface area contributed by atoms with Crippen LogP contribution in [0, 0.1) is 11.3 Å². The molecule has 1 aromatic rings. The van der Waals surface area contributed by atoms with E-state index in [-0.39, 0.29) is 0 Å². The van der Waals surface area contributed by atoms with E-state index in [2.05, 4.69) is 5.32 Å². The molecule has 0 spiro atoms. The van der Waals surface area contributed by atoms with Crippen LogP contribution in [0.25, 0.3) is 0 Å². The van der Waals surface area contributed by atoms with Gasteiger partial charge in [-0.25, -0.2) is 8.78 Å². The zero-order valence-electron chi connectivity index (χ0n) is 7.87. The topological polar surface area (TPSA) is 56.0 Å². The fourth-order valence-electron chi connectivity index (χ4n) is 0.950. The van der Waals surface area contributed by atoms with Gasteiger partial charge in [-0.1, -0.05) is 0 Å². The zero-order valence-corrected chi connectivity index (χ0v) is 7.87. The van der Waals surface area contributed by atoms with E-state index >= 15 is 0 Å². The van der Waals surface area contributed by atoms with E-state index in [1.807, 2.05) is 6.07 Å². The molecule has 1 aromatic carbocycles. The smallest absolute Gasteiger partial charge is 0.287 e. The molecule has 0 aliphatic carbocycles. The molecule has 5 heteroatoms. The van der Waals surface area contributed by atoms with E-state index in [9.17, 15) is 8.78 Å². The minimum Gasteiger partial charge on any atom is -0.390 e. The molecule has 0 unspecified atom stereocenters. The number of hydrogen-bond acceptors (Lipinski definition) is 3. The summed E-state index contributed by atoms with van der Waals surface area (Å²) in [5, 5.41) is 19.3. The molecule has 0 saturated carbocycles. The number of nitrogens with one attached hydrogen (secondary N) is 1. The van der Waals surface area contributed by atoms with Crippen molar-refractivity contribution < 1.29 is 13.9 Å². The van der Waals surface area contributed by atoms with Crippen LogP contribution in [0.5, 0.6) is 0 Å². The monoisotopic (exact) mass is 212 g/mol. The Kier molecular flexibility index (Phi) is 3.58. The van der Waals surface area contributed by atoms with Crippen molar-refractivity contribution in [2.75, 3.05) is 18.5 Å². The molecule has 2 N–H and O–H groups in total. The molecule has 15 heavy (non-hydrogen) atoms. The molecule has 0 fully saturated rings. The molecule has 1 rings (SSSR count). The van der Waals surface area contributed by atoms with Crippen molar-refractivity contribution in [2.24, 2.45) is 0 Å². The minimum atomic E-state index is -3.13. The van der Waals surface area contributed by atoms with E-state index in [0.29, 0.717) is 11.3 Å². The first kappa shape index (κ1) is 11.4. The Morgan fingerprint density at radius 1 is 1.33 bits per heavy atom. The van der Waals surface area contributed by atoms with Gasteiger partial charge in [0.15, 0.2) is 0 Å². The Hall–Kier alpha value is -1.67. The number of alkyl halides is 2. The maximum absolute atomic E-state index is 12.6. The van der Waals surface area contributed by atoms with Gasteiger partial charge in [0.2, 0.25) is 0 Å². The number of aliphatic hydroxyl groups is 1. The Balaban J connectivity index is 2.56. The van der Waals surface area contributed by atoms with Gasteiger partial charge in [0.25, 0.3) is 5.92 Å². The van der Waals surface area contributed by atoms with Gasteiger partial charge in [0, 0.05) is 5.69 Å². The summed E-state index contributed by atoms with van der Waals surface area (Å²) in [6, 6.07) is 8.04. The molecule has 0 aromatic heterocycles. The molecule has 0 amide bonds. The van der Waals surface area contributed by atoms with Crippen LogP contribution in [0.3, 0.4) is 0 Å². The Bertz CT molecular complexity index is 357. The molecular weight excluding hydrogens is 202 g/mol. The normalized spacial score (nSPS) is 10.8. The van der Waals surface area contributed by atoms with E-state index in [1.165, 1.54) is 24.3 Å². The van der Waals surface area contributed by atoms with E-state index in [1.54, 1.807) is 0 Å². The summed E-state index contributed by atoms with van der Waals surface area (Å²) < 4.78 is 25.2. The molecule has 80 valence electrons. The van der Waals surface area contributed by atoms with Crippen LogP contribution >= 0.6 is 0 Å². The van der Waals surface area contributed by atoms with Crippen molar-refractivity contribution in [1.82, 2.24) is 0 Å². The number of nitrogens with zero attached hydrogens (tertiary/aromatic N) is 1. The first-order chi connectivity index (χ1) is 7.07. The quantitative estimate of drug-likeness (QED) is 0.797. The number of anilines is 1. The Labute approximate surface area is 86.0 Å². The van der Waals surface area contributed by atoms with Gasteiger partial charge in [-0.05, 0) is 24.3 Å². The van der Waals surface area contributed by atoms with Crippen molar-refractivity contribution in [3.05, 3.63) is 29.8 Å². The third kappa shape index (κ3) is 3.52. The highest BCUT2D eigenvalue weighted by Gasteiger charge is 2.26. The molecule has 0 aliphatic heterocycles. The van der Waals surface area contributed by atoms with Crippen LogP contribution < -0.4 is 5.32 Å². The number of hydrogen-bond donors (Lipinski definition) is 2. The molecule has 3 nitrogen and oxygen atoms in total. The zero-order chi connectivity index (χ0) is 11.3. The van der Waals surface area contributed by atoms with Crippen molar-refractivity contribution in [3.63, 3.8) is 0 Å². The summed E-state index contributed by atoms with van der Waals surface area (Å²) in [6.07, 6.45) is 0. The number of nitriles is 1. The molecule has 0 aliphatic rings. The maximum Gasteiger partial charge on any atom is 0.287 e. The van der Waals surface area contributed by atoms with Crippen molar-refractivity contribution in [3.8, 4) is 6.07 Å². The summed E-state index contributed by atoms with van der Waals surface area (Å²) in [6.45, 7) is -1.81. The lowest BCUT2D eigenvalue weighted by molar-refractivity contribution is -0.0372. The van der Waals surface area contributed by atoms with Crippen LogP contribution in [0.1, 0.15) is 5.56 Å². The first-order valence-corrected chi connectivity index (χ1v) is 4.30. The van der Waals surface area contributed by atoms with Crippen molar-refractivity contribution >= 4 is 5.69 Å². The Morgan fingerprint density at radius 3 is 2.40 bits per heavy atom. The van der Waals surface area contributed by atoms with E-state index < -0.39 is 19.1 Å². The second-order valence-electron chi connectivity index (χ2n) is 3.06. The first-order valence-electron chi connectivity index (χ1n) is 4.30. The van der Waals surface area contributed by atoms with Gasteiger partial charge in [-0.2, -0.15) is 5.26 Å². The predicted molar refractivity (Wildman–Crippen MR) is 51.7 cm³/mol. The fourth-order valence-corrected chi connectivity index (χ4v) is 0.950. The molecule has 0 saturated heterocycles. The second-order valence-corrected chi connectivity index (χ2v) is 3.06. The number of benzene rings is 1. The van der Waals surface area contributed by atoms with E-state index in [4.69, 9.17) is 10.4 Å². The maximum atomic E-state index is 12.6. The van der Waals surface area contributed by atoms with Gasteiger partial charge in [-0.3, -0.25) is 0 Å². The van der Waals surface area contributed by atoms with Gasteiger partial charge < -0.3 is 10.4 Å². The standard InChI is InChI=1S/C10H10F2N2O/c11-10(12,7-15)6-14-9-3-1-8(5-13)2-4-9/h1-4,14-15H,6-7H2. The molecule has 0 radical (unpaired) electrons. The fraction of sp³-hybridized carbons (Fsp3) is 0.300. The highest BCUT2D eigenvalue weighted by molar-refractivity contribution is 5.47. The van der Waals surface area contributed by atoms with Crippen LogP contribution in [0.4, 0.5) is 14.5 Å². The lowest BCUT2D eigenvalue weighted by Gasteiger charge is -2.14. The molecule has 0 atom stereocenters. The van der Waals surface area contributed by atoms with Crippen LogP contribution in [-0.4, -0.2) is 24.2 Å². The van der Waals surface area contributed by atoms with Crippen LogP contribution in [0.15, 0.2) is 24.3 Å². The lowest BCUT2D eigenvalue weighted by atomic mass is 10.2. The predicted octanol–water partition coefficient (Wildman–Crippen LogP) is 1.60.